The first-order valence-corrected chi connectivity index (χ1v) is 7.84. The molecule has 0 radical (unpaired) electrons. The second-order valence-corrected chi connectivity index (χ2v) is 6.36. The van der Waals surface area contributed by atoms with E-state index in [9.17, 15) is 19.5 Å². The minimum Gasteiger partial charge on any atom is -0.464 e. The summed E-state index contributed by atoms with van der Waals surface area (Å²) in [4.78, 5) is 35.0. The summed E-state index contributed by atoms with van der Waals surface area (Å²) in [5.74, 6) is -1.34. The highest BCUT2D eigenvalue weighted by atomic mass is 16.6. The van der Waals surface area contributed by atoms with E-state index in [0.717, 1.165) is 0 Å². The van der Waals surface area contributed by atoms with Gasteiger partial charge in [0.1, 0.15) is 37.9 Å². The molecule has 0 aromatic heterocycles. The van der Waals surface area contributed by atoms with Crippen LogP contribution in [0.1, 0.15) is 0 Å². The molecule has 10 nitrogen and oxygen atoms in total. The van der Waals surface area contributed by atoms with Crippen molar-refractivity contribution in [3.05, 3.63) is 0 Å². The average molecular weight is 343 g/mol. The maximum Gasteiger partial charge on any atom is 0.324 e. The topological polar surface area (TPSA) is 165 Å². The van der Waals surface area contributed by atoms with Gasteiger partial charge in [-0.25, -0.2) is 0 Å². The van der Waals surface area contributed by atoms with Crippen LogP contribution in [0.15, 0.2) is 0 Å². The predicted octanol–water partition coefficient (Wildman–Crippen LogP) is -3.49. The molecule has 0 aromatic rings. The Morgan fingerprint density at radius 1 is 0.792 bits per heavy atom. The monoisotopic (exact) mass is 343 g/mol. The lowest BCUT2D eigenvalue weighted by Gasteiger charge is -2.30. The number of aliphatic hydroxyl groups is 1. The van der Waals surface area contributed by atoms with Crippen molar-refractivity contribution in [2.45, 2.75) is 18.1 Å². The number of hydrogen-bond donors (Lipinski definition) is 4. The molecule has 3 unspecified atom stereocenters. The number of nitrogens with one attached hydrogen (secondary N) is 3. The highest BCUT2D eigenvalue weighted by molar-refractivity contribution is 5.80. The summed E-state index contributed by atoms with van der Waals surface area (Å²) in [6.07, 6.45) is 0. The van der Waals surface area contributed by atoms with E-state index >= 15 is 0 Å². The molecule has 3 aliphatic rings. The van der Waals surface area contributed by atoms with Crippen LogP contribution in [0, 0.1) is 5.41 Å². The lowest BCUT2D eigenvalue weighted by atomic mass is 9.92. The van der Waals surface area contributed by atoms with Gasteiger partial charge in [-0.15, -0.1) is 0 Å². The van der Waals surface area contributed by atoms with Crippen LogP contribution in [0.4, 0.5) is 0 Å². The zero-order valence-electron chi connectivity index (χ0n) is 13.1. The van der Waals surface area contributed by atoms with Gasteiger partial charge in [-0.2, -0.15) is 0 Å². The second-order valence-electron chi connectivity index (χ2n) is 6.36. The van der Waals surface area contributed by atoms with Gasteiger partial charge in [-0.3, -0.25) is 14.4 Å². The molecule has 3 saturated heterocycles. The number of carbonyl (C=O) groups is 3. The van der Waals surface area contributed by atoms with Crippen LogP contribution in [0.5, 0.6) is 0 Å². The molecule has 3 heterocycles. The summed E-state index contributed by atoms with van der Waals surface area (Å²) in [5.41, 5.74) is -1.18. The van der Waals surface area contributed by atoms with Crippen molar-refractivity contribution in [2.24, 2.45) is 5.41 Å². The molecule has 0 bridgehead atoms. The number of esters is 3. The zero-order valence-corrected chi connectivity index (χ0v) is 13.1. The summed E-state index contributed by atoms with van der Waals surface area (Å²) in [6.45, 7) is 0.557. The highest BCUT2D eigenvalue weighted by Crippen LogP contribution is 2.21. The number of rotatable bonds is 10. The smallest absolute Gasteiger partial charge is 0.324 e. The lowest BCUT2D eigenvalue weighted by molar-refractivity contribution is -0.164. The Kier molecular flexibility index (Phi) is 4.99. The minimum absolute atomic E-state index is 0.211. The van der Waals surface area contributed by atoms with E-state index in [4.69, 9.17) is 14.2 Å². The molecule has 0 spiro atoms. The van der Waals surface area contributed by atoms with Gasteiger partial charge in [0, 0.05) is 19.6 Å². The maximum absolute atomic E-state index is 11.7. The Hall–Kier alpha value is -1.75. The Morgan fingerprint density at radius 2 is 1.08 bits per heavy atom. The van der Waals surface area contributed by atoms with E-state index in [-0.39, 0.29) is 37.9 Å². The summed E-state index contributed by atoms with van der Waals surface area (Å²) < 4.78 is 15.5. The maximum atomic E-state index is 11.7. The Labute approximate surface area is 138 Å². The van der Waals surface area contributed by atoms with Crippen molar-refractivity contribution in [1.29, 1.82) is 0 Å². The second kappa shape index (κ2) is 7.01. The molecule has 3 fully saturated rings. The Bertz CT molecular complexity index is 445. The first kappa shape index (κ1) is 17.1. The van der Waals surface area contributed by atoms with E-state index in [0.29, 0.717) is 19.6 Å². The van der Waals surface area contributed by atoms with Crippen molar-refractivity contribution >= 4 is 17.9 Å². The SMILES string of the molecule is O=C(OCC(CO)(COC(=O)C1CN1)COC(=O)C1CN1)C1CN1. The average Bonchev–Trinajstić information content (AvgIpc) is 3.45. The standard InChI is InChI=1S/C14H21N3O7/c18-4-14(5-22-11(19)8-1-15-8,6-23-12(20)9-2-16-9)7-24-13(21)10-3-17-10/h8-10,15-18H,1-7H2. The molecule has 4 N–H and O–H groups in total. The number of aliphatic hydroxyl groups excluding tert-OH is 1. The molecule has 3 rings (SSSR count). The van der Waals surface area contributed by atoms with Crippen molar-refractivity contribution < 1.29 is 33.7 Å². The lowest BCUT2D eigenvalue weighted by Crippen LogP contribution is -2.43. The Morgan fingerprint density at radius 3 is 1.29 bits per heavy atom. The fraction of sp³-hybridized carbons (Fsp3) is 0.786. The van der Waals surface area contributed by atoms with E-state index in [1.165, 1.54) is 0 Å². The molecule has 0 saturated carbocycles. The number of carbonyl (C=O) groups excluding carboxylic acids is 3. The predicted molar refractivity (Wildman–Crippen MR) is 77.8 cm³/mol. The van der Waals surface area contributed by atoms with Crippen molar-refractivity contribution in [2.75, 3.05) is 46.1 Å². The highest BCUT2D eigenvalue weighted by Gasteiger charge is 2.41. The normalized spacial score (nSPS) is 29.1. The third kappa shape index (κ3) is 4.63. The van der Waals surface area contributed by atoms with Gasteiger partial charge < -0.3 is 35.3 Å². The molecule has 0 aromatic carbocycles. The number of ether oxygens (including phenoxy) is 3. The first-order chi connectivity index (χ1) is 11.5. The van der Waals surface area contributed by atoms with Gasteiger partial charge >= 0.3 is 17.9 Å². The van der Waals surface area contributed by atoms with Gasteiger partial charge in [0.2, 0.25) is 0 Å². The Balaban J connectivity index is 1.55. The largest absolute Gasteiger partial charge is 0.464 e. The van der Waals surface area contributed by atoms with Crippen molar-refractivity contribution in [1.82, 2.24) is 16.0 Å². The molecule has 3 atom stereocenters. The van der Waals surface area contributed by atoms with Crippen molar-refractivity contribution in [3.8, 4) is 0 Å². The van der Waals surface area contributed by atoms with Crippen LogP contribution < -0.4 is 16.0 Å². The summed E-state index contributed by atoms with van der Waals surface area (Å²) in [5, 5.41) is 18.2. The fourth-order valence-electron chi connectivity index (χ4n) is 1.91. The fourth-order valence-corrected chi connectivity index (χ4v) is 1.91. The molecular weight excluding hydrogens is 322 g/mol. The van der Waals surface area contributed by atoms with Crippen molar-refractivity contribution in [3.63, 3.8) is 0 Å². The minimum atomic E-state index is -1.18. The van der Waals surface area contributed by atoms with Gasteiger partial charge in [-0.05, 0) is 0 Å². The van der Waals surface area contributed by atoms with E-state index in [1.807, 2.05) is 0 Å². The zero-order chi connectivity index (χ0) is 17.2. The van der Waals surface area contributed by atoms with Gasteiger partial charge in [0.05, 0.1) is 12.0 Å². The van der Waals surface area contributed by atoms with Crippen LogP contribution in [-0.2, 0) is 28.6 Å². The molecular formula is C14H21N3O7. The first-order valence-electron chi connectivity index (χ1n) is 7.84. The molecule has 10 heteroatoms. The van der Waals surface area contributed by atoms with Crippen LogP contribution in [0.2, 0.25) is 0 Å². The molecule has 134 valence electrons. The van der Waals surface area contributed by atoms with Crippen LogP contribution in [-0.4, -0.2) is 87.2 Å². The molecule has 0 aliphatic carbocycles. The summed E-state index contributed by atoms with van der Waals surface area (Å²) in [6, 6.07) is -1.01. The van der Waals surface area contributed by atoms with Gasteiger partial charge in [0.15, 0.2) is 0 Å². The summed E-state index contributed by atoms with van der Waals surface area (Å²) in [7, 11) is 0. The van der Waals surface area contributed by atoms with Gasteiger partial charge in [-0.1, -0.05) is 0 Å². The molecule has 3 aliphatic heterocycles. The van der Waals surface area contributed by atoms with E-state index in [2.05, 4.69) is 16.0 Å². The van der Waals surface area contributed by atoms with Crippen LogP contribution in [0.3, 0.4) is 0 Å². The summed E-state index contributed by atoms with van der Waals surface area (Å²) >= 11 is 0. The third-order valence-electron chi connectivity index (χ3n) is 3.98. The molecule has 0 amide bonds. The van der Waals surface area contributed by atoms with Crippen LogP contribution in [0.25, 0.3) is 0 Å². The third-order valence-corrected chi connectivity index (χ3v) is 3.98. The van der Waals surface area contributed by atoms with E-state index in [1.54, 1.807) is 0 Å². The quantitative estimate of drug-likeness (QED) is 0.178. The van der Waals surface area contributed by atoms with Crippen LogP contribution >= 0.6 is 0 Å². The van der Waals surface area contributed by atoms with Gasteiger partial charge in [0.25, 0.3) is 0 Å². The van der Waals surface area contributed by atoms with E-state index < -0.39 is 29.9 Å². The number of hydrogen-bond acceptors (Lipinski definition) is 10. The molecule has 24 heavy (non-hydrogen) atoms.